The van der Waals surface area contributed by atoms with Crippen LogP contribution in [0.4, 0.5) is 5.82 Å². The molecule has 0 unspecified atom stereocenters. The van der Waals surface area contributed by atoms with Crippen LogP contribution in [0.25, 0.3) is 0 Å². The molecule has 0 radical (unpaired) electrons. The second-order valence-electron chi connectivity index (χ2n) is 3.88. The maximum absolute atomic E-state index is 10.9. The standard InChI is InChI=1S/C13H12ClN3O/c1-9-2-4-10(5-3-9)6-15-13-11(7-18)12(14)16-8-17-13/h2-5,7-8H,6H2,1H3,(H,15,16,17). The van der Waals surface area contributed by atoms with Crippen LogP contribution < -0.4 is 5.32 Å². The molecule has 0 aliphatic heterocycles. The summed E-state index contributed by atoms with van der Waals surface area (Å²) in [5.74, 6) is 0.450. The van der Waals surface area contributed by atoms with Crippen molar-refractivity contribution < 1.29 is 4.79 Å². The Morgan fingerprint density at radius 2 is 2.00 bits per heavy atom. The van der Waals surface area contributed by atoms with Crippen LogP contribution in [0, 0.1) is 6.92 Å². The van der Waals surface area contributed by atoms with E-state index >= 15 is 0 Å². The zero-order valence-electron chi connectivity index (χ0n) is 9.85. The van der Waals surface area contributed by atoms with Gasteiger partial charge in [-0.1, -0.05) is 41.4 Å². The number of nitrogens with one attached hydrogen (secondary N) is 1. The van der Waals surface area contributed by atoms with Gasteiger partial charge in [0.25, 0.3) is 0 Å². The van der Waals surface area contributed by atoms with Crippen LogP contribution in [0.1, 0.15) is 21.5 Å². The van der Waals surface area contributed by atoms with Gasteiger partial charge in [-0.15, -0.1) is 0 Å². The first-order valence-electron chi connectivity index (χ1n) is 5.46. The second kappa shape index (κ2) is 5.60. The molecule has 0 amide bonds. The van der Waals surface area contributed by atoms with Crippen LogP contribution in [-0.4, -0.2) is 16.3 Å². The van der Waals surface area contributed by atoms with E-state index in [2.05, 4.69) is 15.3 Å². The smallest absolute Gasteiger partial charge is 0.156 e. The van der Waals surface area contributed by atoms with Crippen molar-refractivity contribution in [2.45, 2.75) is 13.5 Å². The molecule has 2 aromatic rings. The Morgan fingerprint density at radius 1 is 1.28 bits per heavy atom. The number of nitrogens with zero attached hydrogens (tertiary/aromatic N) is 2. The zero-order valence-corrected chi connectivity index (χ0v) is 10.6. The average molecular weight is 262 g/mol. The van der Waals surface area contributed by atoms with Gasteiger partial charge < -0.3 is 5.32 Å². The van der Waals surface area contributed by atoms with Crippen molar-refractivity contribution in [1.29, 1.82) is 0 Å². The number of anilines is 1. The van der Waals surface area contributed by atoms with Crippen LogP contribution >= 0.6 is 11.6 Å². The molecule has 0 atom stereocenters. The first kappa shape index (κ1) is 12.5. The molecule has 0 saturated heterocycles. The Hall–Kier alpha value is -1.94. The highest BCUT2D eigenvalue weighted by molar-refractivity contribution is 6.32. The molecule has 1 heterocycles. The molecule has 0 spiro atoms. The van der Waals surface area contributed by atoms with Gasteiger partial charge in [0.2, 0.25) is 0 Å². The van der Waals surface area contributed by atoms with Crippen molar-refractivity contribution >= 4 is 23.7 Å². The lowest BCUT2D eigenvalue weighted by Gasteiger charge is -2.08. The molecule has 0 fully saturated rings. The first-order valence-corrected chi connectivity index (χ1v) is 5.83. The first-order chi connectivity index (χ1) is 8.70. The summed E-state index contributed by atoms with van der Waals surface area (Å²) in [4.78, 5) is 18.7. The highest BCUT2D eigenvalue weighted by Gasteiger charge is 2.08. The van der Waals surface area contributed by atoms with E-state index in [4.69, 9.17) is 11.6 Å². The van der Waals surface area contributed by atoms with E-state index < -0.39 is 0 Å². The molecular formula is C13H12ClN3O. The monoisotopic (exact) mass is 261 g/mol. The van der Waals surface area contributed by atoms with E-state index in [1.165, 1.54) is 11.9 Å². The summed E-state index contributed by atoms with van der Waals surface area (Å²) >= 11 is 5.81. The van der Waals surface area contributed by atoms with Gasteiger partial charge in [0.05, 0.1) is 5.56 Å². The third-order valence-corrected chi connectivity index (χ3v) is 2.83. The number of carbonyl (C=O) groups excluding carboxylic acids is 1. The fraction of sp³-hybridized carbons (Fsp3) is 0.154. The van der Waals surface area contributed by atoms with Crippen molar-refractivity contribution in [2.75, 3.05) is 5.32 Å². The van der Waals surface area contributed by atoms with E-state index in [0.29, 0.717) is 18.6 Å². The zero-order chi connectivity index (χ0) is 13.0. The Balaban J connectivity index is 2.13. The average Bonchev–Trinajstić information content (AvgIpc) is 2.38. The Kier molecular flexibility index (Phi) is 3.89. The molecule has 4 nitrogen and oxygen atoms in total. The number of aldehydes is 1. The van der Waals surface area contributed by atoms with E-state index in [1.54, 1.807) is 0 Å². The van der Waals surface area contributed by atoms with E-state index in [1.807, 2.05) is 31.2 Å². The number of carbonyl (C=O) groups is 1. The highest BCUT2D eigenvalue weighted by atomic mass is 35.5. The predicted octanol–water partition coefficient (Wildman–Crippen LogP) is 2.86. The van der Waals surface area contributed by atoms with Gasteiger partial charge in [0, 0.05) is 6.54 Å². The van der Waals surface area contributed by atoms with E-state index in [0.717, 1.165) is 5.56 Å². The minimum absolute atomic E-state index is 0.159. The van der Waals surface area contributed by atoms with E-state index in [9.17, 15) is 4.79 Å². The van der Waals surface area contributed by atoms with Gasteiger partial charge in [-0.25, -0.2) is 9.97 Å². The fourth-order valence-electron chi connectivity index (χ4n) is 1.51. The summed E-state index contributed by atoms with van der Waals surface area (Å²) in [5, 5.41) is 3.23. The molecule has 18 heavy (non-hydrogen) atoms. The van der Waals surface area contributed by atoms with Crippen molar-refractivity contribution in [3.8, 4) is 0 Å². The lowest BCUT2D eigenvalue weighted by atomic mass is 10.1. The van der Waals surface area contributed by atoms with Crippen LogP contribution in [0.3, 0.4) is 0 Å². The van der Waals surface area contributed by atoms with E-state index in [-0.39, 0.29) is 10.7 Å². The maximum atomic E-state index is 10.9. The van der Waals surface area contributed by atoms with Crippen LogP contribution in [0.5, 0.6) is 0 Å². The Labute approximate surface area is 110 Å². The second-order valence-corrected chi connectivity index (χ2v) is 4.24. The molecule has 1 aromatic heterocycles. The molecule has 5 heteroatoms. The maximum Gasteiger partial charge on any atom is 0.156 e. The lowest BCUT2D eigenvalue weighted by Crippen LogP contribution is -2.05. The lowest BCUT2D eigenvalue weighted by molar-refractivity contribution is 0.112. The molecule has 92 valence electrons. The van der Waals surface area contributed by atoms with Gasteiger partial charge in [0.15, 0.2) is 6.29 Å². The van der Waals surface area contributed by atoms with Crippen molar-refractivity contribution in [2.24, 2.45) is 0 Å². The number of benzene rings is 1. The summed E-state index contributed by atoms with van der Waals surface area (Å²) in [6.45, 7) is 2.61. The topological polar surface area (TPSA) is 54.9 Å². The molecule has 1 N–H and O–H groups in total. The number of aryl methyl sites for hydroxylation is 1. The minimum Gasteiger partial charge on any atom is -0.365 e. The van der Waals surface area contributed by atoms with Crippen LogP contribution in [0.2, 0.25) is 5.15 Å². The number of aromatic nitrogens is 2. The number of halogens is 1. The molecule has 1 aromatic carbocycles. The SMILES string of the molecule is Cc1ccc(CNc2ncnc(Cl)c2C=O)cc1. The molecule has 0 bridgehead atoms. The Bertz CT molecular complexity index is 555. The highest BCUT2D eigenvalue weighted by Crippen LogP contribution is 2.17. The molecule has 0 aliphatic rings. The van der Waals surface area contributed by atoms with Crippen LogP contribution in [0.15, 0.2) is 30.6 Å². The van der Waals surface area contributed by atoms with Gasteiger partial charge in [-0.2, -0.15) is 0 Å². The van der Waals surface area contributed by atoms with Crippen molar-refractivity contribution in [3.05, 3.63) is 52.4 Å². The Morgan fingerprint density at radius 3 is 2.67 bits per heavy atom. The van der Waals surface area contributed by atoms with Crippen LogP contribution in [-0.2, 0) is 6.54 Å². The summed E-state index contributed by atoms with van der Waals surface area (Å²) < 4.78 is 0. The van der Waals surface area contributed by atoms with Gasteiger partial charge in [0.1, 0.15) is 17.3 Å². The van der Waals surface area contributed by atoms with Crippen molar-refractivity contribution in [3.63, 3.8) is 0 Å². The summed E-state index contributed by atoms with van der Waals surface area (Å²) in [6.07, 6.45) is 1.98. The number of hydrogen-bond acceptors (Lipinski definition) is 4. The van der Waals surface area contributed by atoms with Crippen molar-refractivity contribution in [1.82, 2.24) is 9.97 Å². The fourth-order valence-corrected chi connectivity index (χ4v) is 1.69. The summed E-state index contributed by atoms with van der Waals surface area (Å²) in [6, 6.07) is 8.10. The summed E-state index contributed by atoms with van der Waals surface area (Å²) in [5.41, 5.74) is 2.59. The normalized spacial score (nSPS) is 10.1. The molecule has 0 aliphatic carbocycles. The largest absolute Gasteiger partial charge is 0.365 e. The van der Waals surface area contributed by atoms with Gasteiger partial charge in [-0.3, -0.25) is 4.79 Å². The minimum atomic E-state index is 0.159. The third-order valence-electron chi connectivity index (χ3n) is 2.53. The third kappa shape index (κ3) is 2.84. The number of rotatable bonds is 4. The van der Waals surface area contributed by atoms with Gasteiger partial charge >= 0.3 is 0 Å². The quantitative estimate of drug-likeness (QED) is 0.679. The van der Waals surface area contributed by atoms with Gasteiger partial charge in [-0.05, 0) is 12.5 Å². The molecule has 2 rings (SSSR count). The number of hydrogen-bond donors (Lipinski definition) is 1. The summed E-state index contributed by atoms with van der Waals surface area (Å²) in [7, 11) is 0. The predicted molar refractivity (Wildman–Crippen MR) is 70.9 cm³/mol. The molecule has 0 saturated carbocycles. The molecular weight excluding hydrogens is 250 g/mol.